The van der Waals surface area contributed by atoms with Gasteiger partial charge in [-0.2, -0.15) is 4.99 Å². The molecule has 0 saturated carbocycles. The Morgan fingerprint density at radius 2 is 2.27 bits per heavy atom. The number of nitro groups is 1. The van der Waals surface area contributed by atoms with Gasteiger partial charge in [0.15, 0.2) is 0 Å². The number of hydrogen-bond acceptors (Lipinski definition) is 4. The van der Waals surface area contributed by atoms with Crippen LogP contribution in [0.3, 0.4) is 0 Å². The molecule has 1 aromatic rings. The van der Waals surface area contributed by atoms with Gasteiger partial charge in [-0.3, -0.25) is 14.9 Å². The highest BCUT2D eigenvalue weighted by molar-refractivity contribution is 7.78. The van der Waals surface area contributed by atoms with Crippen molar-refractivity contribution in [3.63, 3.8) is 0 Å². The topological polar surface area (TPSA) is 72.6 Å². The van der Waals surface area contributed by atoms with Crippen molar-refractivity contribution in [2.45, 2.75) is 0 Å². The second kappa shape index (κ2) is 4.50. The Labute approximate surface area is 88.4 Å². The van der Waals surface area contributed by atoms with Gasteiger partial charge in [0, 0.05) is 6.07 Å². The number of hydrogen-bond donors (Lipinski definition) is 0. The number of aliphatic imine (C=N–C) groups is 1. The van der Waals surface area contributed by atoms with Gasteiger partial charge in [0.05, 0.1) is 21.7 Å². The monoisotopic (exact) mass is 226 g/mol. The fourth-order valence-corrected chi connectivity index (χ4v) is 0.976. The number of amides is 1. The van der Waals surface area contributed by atoms with E-state index in [1.807, 2.05) is 0 Å². The second-order valence-corrected chi connectivity index (χ2v) is 2.61. The van der Waals surface area contributed by atoms with Crippen LogP contribution in [0.4, 0.5) is 10.1 Å². The van der Waals surface area contributed by atoms with Gasteiger partial charge >= 0.3 is 0 Å². The molecular weight excluding hydrogens is 223 g/mol. The highest BCUT2D eigenvalue weighted by atomic mass is 32.1. The van der Waals surface area contributed by atoms with E-state index in [0.29, 0.717) is 6.07 Å². The number of carbonyl (C=O) groups is 1. The Morgan fingerprint density at radius 1 is 1.60 bits per heavy atom. The van der Waals surface area contributed by atoms with E-state index in [9.17, 15) is 19.3 Å². The summed E-state index contributed by atoms with van der Waals surface area (Å²) >= 11 is 4.17. The van der Waals surface area contributed by atoms with Crippen LogP contribution in [-0.4, -0.2) is 16.0 Å². The highest BCUT2D eigenvalue weighted by Crippen LogP contribution is 2.16. The molecule has 0 aliphatic heterocycles. The molecular formula is C8H3FN2O3S. The largest absolute Gasteiger partial charge is 0.288 e. The Balaban J connectivity index is 3.19. The van der Waals surface area contributed by atoms with Gasteiger partial charge in [-0.1, -0.05) is 0 Å². The van der Waals surface area contributed by atoms with Crippen molar-refractivity contribution >= 4 is 29.0 Å². The molecule has 1 aromatic carbocycles. The van der Waals surface area contributed by atoms with Crippen molar-refractivity contribution in [2.75, 3.05) is 0 Å². The van der Waals surface area contributed by atoms with Crippen molar-refractivity contribution in [2.24, 2.45) is 4.99 Å². The maximum absolute atomic E-state index is 13.1. The van der Waals surface area contributed by atoms with Crippen LogP contribution < -0.4 is 0 Å². The lowest BCUT2D eigenvalue weighted by molar-refractivity contribution is -0.385. The second-order valence-electron chi connectivity index (χ2n) is 2.43. The van der Waals surface area contributed by atoms with Gasteiger partial charge in [0.1, 0.15) is 5.82 Å². The van der Waals surface area contributed by atoms with Gasteiger partial charge in [-0.25, -0.2) is 4.39 Å². The predicted molar refractivity (Wildman–Crippen MR) is 52.4 cm³/mol. The van der Waals surface area contributed by atoms with E-state index < -0.39 is 22.3 Å². The SMILES string of the molecule is O=C(N=C=S)c1ccc([N+](=O)[O-])cc1F. The van der Waals surface area contributed by atoms with Gasteiger partial charge in [0.25, 0.3) is 11.6 Å². The predicted octanol–water partition coefficient (Wildman–Crippen LogP) is 1.98. The molecule has 0 unspecified atom stereocenters. The summed E-state index contributed by atoms with van der Waals surface area (Å²) in [4.78, 5) is 23.6. The molecule has 15 heavy (non-hydrogen) atoms. The number of nitro benzene ring substituents is 1. The first kappa shape index (κ1) is 11.1. The Bertz CT molecular complexity index is 483. The maximum atomic E-state index is 13.1. The van der Waals surface area contributed by atoms with Gasteiger partial charge in [-0.15, -0.1) is 0 Å². The molecule has 5 nitrogen and oxygen atoms in total. The fraction of sp³-hybridized carbons (Fsp3) is 0. The van der Waals surface area contributed by atoms with Crippen molar-refractivity contribution < 1.29 is 14.1 Å². The van der Waals surface area contributed by atoms with E-state index in [4.69, 9.17) is 0 Å². The smallest absolute Gasteiger partial charge is 0.266 e. The lowest BCUT2D eigenvalue weighted by Crippen LogP contribution is -1.99. The van der Waals surface area contributed by atoms with Crippen molar-refractivity contribution in [1.82, 2.24) is 0 Å². The van der Waals surface area contributed by atoms with Crippen LogP contribution in [0.5, 0.6) is 0 Å². The first-order valence-corrected chi connectivity index (χ1v) is 4.03. The van der Waals surface area contributed by atoms with E-state index in [2.05, 4.69) is 17.2 Å². The van der Waals surface area contributed by atoms with Crippen LogP contribution in [-0.2, 0) is 0 Å². The molecule has 1 amide bonds. The third-order valence-electron chi connectivity index (χ3n) is 1.54. The van der Waals surface area contributed by atoms with Crippen LogP contribution in [0.2, 0.25) is 0 Å². The van der Waals surface area contributed by atoms with E-state index in [1.165, 1.54) is 0 Å². The third-order valence-corrected chi connectivity index (χ3v) is 1.63. The summed E-state index contributed by atoms with van der Waals surface area (Å²) < 4.78 is 13.1. The number of carbonyl (C=O) groups excluding carboxylic acids is 1. The minimum Gasteiger partial charge on any atom is -0.266 e. The normalized spacial score (nSPS) is 9.13. The maximum Gasteiger partial charge on any atom is 0.288 e. The van der Waals surface area contributed by atoms with Crippen molar-refractivity contribution in [3.05, 3.63) is 39.7 Å². The van der Waals surface area contributed by atoms with Crippen LogP contribution in [0.15, 0.2) is 23.2 Å². The molecule has 0 saturated heterocycles. The van der Waals surface area contributed by atoms with E-state index in [1.54, 1.807) is 5.16 Å². The number of halogens is 1. The van der Waals surface area contributed by atoms with Crippen LogP contribution in [0.25, 0.3) is 0 Å². The number of isothiocyanates is 1. The van der Waals surface area contributed by atoms with Crippen LogP contribution >= 0.6 is 12.2 Å². The summed E-state index contributed by atoms with van der Waals surface area (Å²) in [7, 11) is 0. The van der Waals surface area contributed by atoms with Crippen molar-refractivity contribution in [1.29, 1.82) is 0 Å². The first-order chi connectivity index (χ1) is 7.06. The van der Waals surface area contributed by atoms with Crippen molar-refractivity contribution in [3.8, 4) is 0 Å². The Morgan fingerprint density at radius 3 is 2.73 bits per heavy atom. The zero-order chi connectivity index (χ0) is 11.4. The summed E-state index contributed by atoms with van der Waals surface area (Å²) in [6.07, 6.45) is 0. The molecule has 0 bridgehead atoms. The van der Waals surface area contributed by atoms with E-state index in [0.717, 1.165) is 12.1 Å². The minimum absolute atomic E-state index is 0.377. The molecule has 0 atom stereocenters. The zero-order valence-electron chi connectivity index (χ0n) is 7.14. The summed E-state index contributed by atoms with van der Waals surface area (Å²) in [6.45, 7) is 0. The lowest BCUT2D eigenvalue weighted by atomic mass is 10.2. The first-order valence-electron chi connectivity index (χ1n) is 3.62. The lowest BCUT2D eigenvalue weighted by Gasteiger charge is -1.96. The molecule has 0 fully saturated rings. The third kappa shape index (κ3) is 2.49. The average Bonchev–Trinajstić information content (AvgIpc) is 2.17. The molecule has 0 heterocycles. The Hall–Kier alpha value is -1.98. The number of rotatable bonds is 2. The summed E-state index contributed by atoms with van der Waals surface area (Å²) in [6, 6.07) is 2.63. The summed E-state index contributed by atoms with van der Waals surface area (Å²) in [5.41, 5.74) is -0.812. The van der Waals surface area contributed by atoms with Gasteiger partial charge in [-0.05, 0) is 18.3 Å². The van der Waals surface area contributed by atoms with Crippen LogP contribution in [0, 0.1) is 15.9 Å². The average molecular weight is 226 g/mol. The number of nitrogens with zero attached hydrogens (tertiary/aromatic N) is 2. The van der Waals surface area contributed by atoms with Gasteiger partial charge in [0.2, 0.25) is 0 Å². The fourth-order valence-electron chi connectivity index (χ4n) is 0.893. The zero-order valence-corrected chi connectivity index (χ0v) is 7.95. The molecule has 0 radical (unpaired) electrons. The molecule has 0 aromatic heterocycles. The number of non-ortho nitro benzene ring substituents is 1. The van der Waals surface area contributed by atoms with Gasteiger partial charge < -0.3 is 0 Å². The van der Waals surface area contributed by atoms with E-state index in [-0.39, 0.29) is 5.56 Å². The van der Waals surface area contributed by atoms with E-state index >= 15 is 0 Å². The molecule has 76 valence electrons. The van der Waals surface area contributed by atoms with Crippen LogP contribution in [0.1, 0.15) is 10.4 Å². The highest BCUT2D eigenvalue weighted by Gasteiger charge is 2.15. The quantitative estimate of drug-likeness (QED) is 0.334. The molecule has 0 spiro atoms. The number of thiocarbonyl (C=S) groups is 1. The molecule has 7 heteroatoms. The minimum atomic E-state index is -1.01. The molecule has 0 N–H and O–H groups in total. The molecule has 1 rings (SSSR count). The molecule has 0 aliphatic rings. The standard InChI is InChI=1S/C8H3FN2O3S/c9-7-3-5(11(13)14)1-2-6(7)8(12)10-4-15/h1-3H. The Kier molecular flexibility index (Phi) is 3.33. The summed E-state index contributed by atoms with van der Waals surface area (Å²) in [5.74, 6) is -1.93. The molecule has 0 aliphatic carbocycles. The number of benzene rings is 1. The summed E-state index contributed by atoms with van der Waals surface area (Å²) in [5, 5.41) is 12.1.